The predicted octanol–water partition coefficient (Wildman–Crippen LogP) is 4.50. The highest BCUT2D eigenvalue weighted by Gasteiger charge is 2.13. The van der Waals surface area contributed by atoms with Crippen LogP contribution in [0, 0.1) is 12.8 Å². The Balaban J connectivity index is 2.02. The fraction of sp³-hybridized carbons (Fsp3) is 0.471. The highest BCUT2D eigenvalue weighted by atomic mass is 35.5. The zero-order valence-electron chi connectivity index (χ0n) is 12.9. The Morgan fingerprint density at radius 3 is 2.48 bits per heavy atom. The van der Waals surface area contributed by atoms with Crippen molar-refractivity contribution in [2.45, 2.75) is 39.7 Å². The van der Waals surface area contributed by atoms with E-state index in [1.54, 1.807) is 11.3 Å². The Bertz CT molecular complexity index is 548. The van der Waals surface area contributed by atoms with Crippen molar-refractivity contribution in [3.05, 3.63) is 50.9 Å². The molecule has 0 saturated carbocycles. The van der Waals surface area contributed by atoms with E-state index in [4.69, 9.17) is 11.6 Å². The van der Waals surface area contributed by atoms with Gasteiger partial charge in [0, 0.05) is 22.1 Å². The number of nitrogens with one attached hydrogen (secondary N) is 1. The van der Waals surface area contributed by atoms with Gasteiger partial charge in [0.2, 0.25) is 0 Å². The normalized spacial score (nSPS) is 12.8. The predicted molar refractivity (Wildman–Crippen MR) is 92.3 cm³/mol. The maximum absolute atomic E-state index is 5.96. The van der Waals surface area contributed by atoms with E-state index in [0.29, 0.717) is 12.0 Å². The molecule has 1 unspecified atom stereocenters. The van der Waals surface area contributed by atoms with Crippen LogP contribution >= 0.6 is 22.9 Å². The summed E-state index contributed by atoms with van der Waals surface area (Å²) in [6.45, 7) is 7.47. The third kappa shape index (κ3) is 5.77. The Morgan fingerprint density at radius 2 is 1.90 bits per heavy atom. The molecule has 1 heterocycles. The van der Waals surface area contributed by atoms with E-state index in [1.165, 1.54) is 10.4 Å². The maximum Gasteiger partial charge on any atom is 0.0896 e. The van der Waals surface area contributed by atoms with E-state index in [0.717, 1.165) is 29.4 Å². The fourth-order valence-electron chi connectivity index (χ4n) is 2.36. The zero-order valence-corrected chi connectivity index (χ0v) is 14.5. The lowest BCUT2D eigenvalue weighted by Gasteiger charge is -2.19. The standard InChI is InChI=1S/C17H23ClN2S/c1-12(2)19-10-15(9-17-11-20-13(3)21-17)8-14-4-6-16(18)7-5-14/h4-7,11-12,15,19H,8-10H2,1-3H3. The summed E-state index contributed by atoms with van der Waals surface area (Å²) >= 11 is 7.77. The topological polar surface area (TPSA) is 24.9 Å². The van der Waals surface area contributed by atoms with Gasteiger partial charge in [0.15, 0.2) is 0 Å². The van der Waals surface area contributed by atoms with Gasteiger partial charge in [0.1, 0.15) is 0 Å². The van der Waals surface area contributed by atoms with Gasteiger partial charge in [-0.15, -0.1) is 11.3 Å². The molecule has 2 nitrogen and oxygen atoms in total. The summed E-state index contributed by atoms with van der Waals surface area (Å²) in [4.78, 5) is 5.74. The van der Waals surface area contributed by atoms with Gasteiger partial charge in [-0.1, -0.05) is 37.6 Å². The van der Waals surface area contributed by atoms with Gasteiger partial charge in [-0.05, 0) is 49.9 Å². The molecule has 0 spiro atoms. The van der Waals surface area contributed by atoms with E-state index in [-0.39, 0.29) is 0 Å². The van der Waals surface area contributed by atoms with Gasteiger partial charge in [-0.25, -0.2) is 4.98 Å². The van der Waals surface area contributed by atoms with Crippen LogP contribution in [-0.4, -0.2) is 17.6 Å². The van der Waals surface area contributed by atoms with E-state index in [9.17, 15) is 0 Å². The smallest absolute Gasteiger partial charge is 0.0896 e. The average molecular weight is 323 g/mol. The minimum absolute atomic E-state index is 0.515. The number of benzene rings is 1. The van der Waals surface area contributed by atoms with Crippen molar-refractivity contribution < 1.29 is 0 Å². The molecule has 0 radical (unpaired) electrons. The Morgan fingerprint density at radius 1 is 1.19 bits per heavy atom. The Hall–Kier alpha value is -0.900. The van der Waals surface area contributed by atoms with Gasteiger partial charge in [-0.2, -0.15) is 0 Å². The molecule has 21 heavy (non-hydrogen) atoms. The molecule has 2 aromatic rings. The van der Waals surface area contributed by atoms with E-state index in [2.05, 4.69) is 43.2 Å². The molecule has 0 aliphatic rings. The van der Waals surface area contributed by atoms with E-state index < -0.39 is 0 Å². The van der Waals surface area contributed by atoms with Gasteiger partial charge in [-0.3, -0.25) is 0 Å². The van der Waals surface area contributed by atoms with Crippen LogP contribution < -0.4 is 5.32 Å². The van der Waals surface area contributed by atoms with Crippen LogP contribution in [0.3, 0.4) is 0 Å². The highest BCUT2D eigenvalue weighted by molar-refractivity contribution is 7.11. The average Bonchev–Trinajstić information content (AvgIpc) is 2.84. The second-order valence-corrected chi connectivity index (χ2v) is 7.57. The molecule has 1 aromatic heterocycles. The number of halogens is 1. The first-order valence-electron chi connectivity index (χ1n) is 7.42. The minimum atomic E-state index is 0.515. The fourth-order valence-corrected chi connectivity index (χ4v) is 3.39. The molecule has 0 aliphatic carbocycles. The molecule has 0 amide bonds. The van der Waals surface area contributed by atoms with E-state index in [1.807, 2.05) is 18.3 Å². The molecule has 4 heteroatoms. The second-order valence-electron chi connectivity index (χ2n) is 5.81. The van der Waals surface area contributed by atoms with Crippen molar-refractivity contribution in [2.75, 3.05) is 6.54 Å². The molecule has 0 bridgehead atoms. The summed E-state index contributed by atoms with van der Waals surface area (Å²) in [7, 11) is 0. The lowest BCUT2D eigenvalue weighted by Crippen LogP contribution is -2.30. The summed E-state index contributed by atoms with van der Waals surface area (Å²) in [6, 6.07) is 8.72. The Labute approximate surface area is 136 Å². The van der Waals surface area contributed by atoms with Crippen molar-refractivity contribution in [2.24, 2.45) is 5.92 Å². The lowest BCUT2D eigenvalue weighted by atomic mass is 9.95. The van der Waals surface area contributed by atoms with Crippen LogP contribution in [0.5, 0.6) is 0 Å². The number of aryl methyl sites for hydroxylation is 1. The maximum atomic E-state index is 5.96. The number of hydrogen-bond acceptors (Lipinski definition) is 3. The SMILES string of the molecule is Cc1ncc(CC(CNC(C)C)Cc2ccc(Cl)cc2)s1. The van der Waals surface area contributed by atoms with Crippen LogP contribution in [0.15, 0.2) is 30.5 Å². The number of aromatic nitrogens is 1. The molecule has 0 aliphatic heterocycles. The zero-order chi connectivity index (χ0) is 15.2. The van der Waals surface area contributed by atoms with Gasteiger partial charge < -0.3 is 5.32 Å². The molecule has 2 rings (SSSR count). The van der Waals surface area contributed by atoms with Crippen molar-refractivity contribution in [1.82, 2.24) is 10.3 Å². The van der Waals surface area contributed by atoms with Crippen LogP contribution in [0.1, 0.15) is 29.3 Å². The minimum Gasteiger partial charge on any atom is -0.314 e. The first-order valence-corrected chi connectivity index (χ1v) is 8.61. The second kappa shape index (κ2) is 7.92. The molecular formula is C17H23ClN2S. The Kier molecular flexibility index (Phi) is 6.22. The number of nitrogens with zero attached hydrogens (tertiary/aromatic N) is 1. The molecular weight excluding hydrogens is 300 g/mol. The largest absolute Gasteiger partial charge is 0.314 e. The van der Waals surface area contributed by atoms with Crippen LogP contribution in [-0.2, 0) is 12.8 Å². The summed E-state index contributed by atoms with van der Waals surface area (Å²) in [5, 5.41) is 5.51. The lowest BCUT2D eigenvalue weighted by molar-refractivity contribution is 0.446. The van der Waals surface area contributed by atoms with Crippen molar-refractivity contribution >= 4 is 22.9 Å². The van der Waals surface area contributed by atoms with Gasteiger partial charge in [0.05, 0.1) is 5.01 Å². The van der Waals surface area contributed by atoms with Crippen LogP contribution in [0.2, 0.25) is 5.02 Å². The first kappa shape index (κ1) is 16.5. The van der Waals surface area contributed by atoms with Gasteiger partial charge in [0.25, 0.3) is 0 Å². The summed E-state index contributed by atoms with van der Waals surface area (Å²) in [6.07, 6.45) is 4.16. The molecule has 1 atom stereocenters. The van der Waals surface area contributed by atoms with Crippen molar-refractivity contribution in [3.63, 3.8) is 0 Å². The molecule has 1 aromatic carbocycles. The summed E-state index contributed by atoms with van der Waals surface area (Å²) < 4.78 is 0. The number of thiazole rings is 1. The molecule has 0 saturated heterocycles. The highest BCUT2D eigenvalue weighted by Crippen LogP contribution is 2.20. The quantitative estimate of drug-likeness (QED) is 0.811. The molecule has 1 N–H and O–H groups in total. The number of rotatable bonds is 7. The molecule has 0 fully saturated rings. The third-order valence-electron chi connectivity index (χ3n) is 3.41. The summed E-state index contributed by atoms with van der Waals surface area (Å²) in [5.74, 6) is 0.577. The van der Waals surface area contributed by atoms with Crippen molar-refractivity contribution in [3.8, 4) is 0 Å². The first-order chi connectivity index (χ1) is 10.0. The van der Waals surface area contributed by atoms with Crippen LogP contribution in [0.25, 0.3) is 0 Å². The monoisotopic (exact) mass is 322 g/mol. The third-order valence-corrected chi connectivity index (χ3v) is 4.60. The van der Waals surface area contributed by atoms with E-state index >= 15 is 0 Å². The number of hydrogen-bond donors (Lipinski definition) is 1. The summed E-state index contributed by atoms with van der Waals surface area (Å²) in [5.41, 5.74) is 1.34. The van der Waals surface area contributed by atoms with Gasteiger partial charge >= 0.3 is 0 Å². The van der Waals surface area contributed by atoms with Crippen molar-refractivity contribution in [1.29, 1.82) is 0 Å². The van der Waals surface area contributed by atoms with Crippen LogP contribution in [0.4, 0.5) is 0 Å². The molecule has 114 valence electrons.